The zero-order valence-corrected chi connectivity index (χ0v) is 23.3. The zero-order valence-electron chi connectivity index (χ0n) is 23.3. The van der Waals surface area contributed by atoms with E-state index < -0.39 is 6.10 Å². The second kappa shape index (κ2) is 14.8. The van der Waals surface area contributed by atoms with Gasteiger partial charge in [-0.05, 0) is 73.0 Å². The van der Waals surface area contributed by atoms with Gasteiger partial charge >= 0.3 is 0 Å². The number of rotatable bonds is 16. The van der Waals surface area contributed by atoms with Gasteiger partial charge in [-0.2, -0.15) is 0 Å². The molecule has 0 bridgehead atoms. The number of ether oxygens (including phenoxy) is 2. The Balaban J connectivity index is 2.07. The van der Waals surface area contributed by atoms with E-state index in [1.54, 1.807) is 0 Å². The van der Waals surface area contributed by atoms with Crippen LogP contribution < -0.4 is 0 Å². The Morgan fingerprint density at radius 2 is 1.40 bits per heavy atom. The lowest BCUT2D eigenvalue weighted by molar-refractivity contribution is -0.0729. The fraction of sp³-hybridized carbons (Fsp3) is 0.625. The molecule has 0 aliphatic carbocycles. The van der Waals surface area contributed by atoms with E-state index >= 15 is 0 Å². The molecule has 0 fully saturated rings. The molecule has 35 heavy (non-hydrogen) atoms. The molecule has 0 aliphatic rings. The van der Waals surface area contributed by atoms with Gasteiger partial charge in [0, 0.05) is 19.6 Å². The third-order valence-electron chi connectivity index (χ3n) is 7.72. The first-order chi connectivity index (χ1) is 16.7. The van der Waals surface area contributed by atoms with Gasteiger partial charge in [0.05, 0.1) is 12.7 Å². The summed E-state index contributed by atoms with van der Waals surface area (Å²) in [7, 11) is 3.68. The fourth-order valence-electron chi connectivity index (χ4n) is 5.85. The van der Waals surface area contributed by atoms with E-state index in [2.05, 4.69) is 58.9 Å². The lowest BCUT2D eigenvalue weighted by atomic mass is 9.72. The van der Waals surface area contributed by atoms with Crippen LogP contribution in [-0.4, -0.2) is 32.0 Å². The molecule has 2 aromatic rings. The van der Waals surface area contributed by atoms with Crippen LogP contribution in [0, 0.1) is 23.2 Å². The van der Waals surface area contributed by atoms with Crippen LogP contribution in [0.5, 0.6) is 0 Å². The predicted octanol–water partition coefficient (Wildman–Crippen LogP) is 7.86. The van der Waals surface area contributed by atoms with E-state index in [1.165, 1.54) is 18.4 Å². The molecule has 2 rings (SSSR count). The summed E-state index contributed by atoms with van der Waals surface area (Å²) in [6.07, 6.45) is 6.20. The van der Waals surface area contributed by atoms with Gasteiger partial charge in [-0.1, -0.05) is 89.2 Å². The first-order valence-corrected chi connectivity index (χ1v) is 13.6. The van der Waals surface area contributed by atoms with Gasteiger partial charge < -0.3 is 14.6 Å². The third-order valence-corrected chi connectivity index (χ3v) is 7.72. The summed E-state index contributed by atoms with van der Waals surface area (Å²) in [5.74, 6) is 2.11. The molecule has 5 atom stereocenters. The molecule has 0 aliphatic heterocycles. The maximum absolute atomic E-state index is 10.7. The Kier molecular flexibility index (Phi) is 12.5. The summed E-state index contributed by atoms with van der Waals surface area (Å²) in [6, 6.07) is 18.3. The molecule has 0 radical (unpaired) electrons. The van der Waals surface area contributed by atoms with Crippen molar-refractivity contribution in [1.29, 1.82) is 0 Å². The van der Waals surface area contributed by atoms with Gasteiger partial charge in [0.1, 0.15) is 6.10 Å². The Morgan fingerprint density at radius 3 is 1.94 bits per heavy atom. The second-order valence-corrected chi connectivity index (χ2v) is 11.2. The normalized spacial score (nSPS) is 17.1. The molecule has 5 unspecified atom stereocenters. The first-order valence-electron chi connectivity index (χ1n) is 13.6. The van der Waals surface area contributed by atoms with Gasteiger partial charge in [0.15, 0.2) is 0 Å². The molecule has 0 saturated carbocycles. The second-order valence-electron chi connectivity index (χ2n) is 11.2. The van der Waals surface area contributed by atoms with Crippen molar-refractivity contribution in [1.82, 2.24) is 0 Å². The van der Waals surface area contributed by atoms with Gasteiger partial charge in [-0.15, -0.1) is 0 Å². The van der Waals surface area contributed by atoms with E-state index in [1.807, 2.05) is 44.6 Å². The van der Waals surface area contributed by atoms with Crippen molar-refractivity contribution in [3.05, 3.63) is 71.3 Å². The summed E-state index contributed by atoms with van der Waals surface area (Å²) in [6.45, 7) is 12.4. The maximum Gasteiger partial charge on any atom is 0.104 e. The van der Waals surface area contributed by atoms with Crippen LogP contribution in [0.2, 0.25) is 0 Å². The minimum Gasteiger partial charge on any atom is -0.384 e. The van der Waals surface area contributed by atoms with E-state index in [0.29, 0.717) is 12.5 Å². The number of aliphatic hydroxyl groups excluding tert-OH is 1. The van der Waals surface area contributed by atoms with Gasteiger partial charge in [-0.3, -0.25) is 0 Å². The lowest BCUT2D eigenvalue weighted by Gasteiger charge is -2.40. The molecule has 3 nitrogen and oxygen atoms in total. The Labute approximate surface area is 215 Å². The van der Waals surface area contributed by atoms with E-state index in [9.17, 15) is 5.11 Å². The summed E-state index contributed by atoms with van der Waals surface area (Å²) in [5, 5.41) is 10.7. The number of hydrogen-bond donors (Lipinski definition) is 1. The summed E-state index contributed by atoms with van der Waals surface area (Å²) >= 11 is 0. The molecular weight excluding hydrogens is 432 g/mol. The molecule has 1 N–H and O–H groups in total. The van der Waals surface area contributed by atoms with Crippen LogP contribution in [-0.2, 0) is 15.9 Å². The van der Waals surface area contributed by atoms with Crippen LogP contribution in [0.3, 0.4) is 0 Å². The molecule has 3 heteroatoms. The van der Waals surface area contributed by atoms with Gasteiger partial charge in [-0.25, -0.2) is 0 Å². The number of aliphatic hydroxyl groups is 1. The summed E-state index contributed by atoms with van der Waals surface area (Å²) in [4.78, 5) is 0. The van der Waals surface area contributed by atoms with Crippen LogP contribution in [0.4, 0.5) is 0 Å². The molecular formula is C32H50O3. The number of benzene rings is 2. The van der Waals surface area contributed by atoms with Crippen LogP contribution in [0.1, 0.15) is 89.5 Å². The average molecular weight is 483 g/mol. The van der Waals surface area contributed by atoms with Crippen LogP contribution >= 0.6 is 0 Å². The number of aryl methyl sites for hydroxylation is 1. The van der Waals surface area contributed by atoms with Crippen molar-refractivity contribution >= 4 is 0 Å². The van der Waals surface area contributed by atoms with Crippen molar-refractivity contribution in [3.63, 3.8) is 0 Å². The number of hydrogen-bond acceptors (Lipinski definition) is 3. The minimum atomic E-state index is -0.592. The minimum absolute atomic E-state index is 0.0126. The Bertz CT molecular complexity index is 816. The smallest absolute Gasteiger partial charge is 0.104 e. The largest absolute Gasteiger partial charge is 0.384 e. The molecule has 0 aromatic heterocycles. The Hall–Kier alpha value is -1.68. The fourth-order valence-corrected chi connectivity index (χ4v) is 5.85. The lowest BCUT2D eigenvalue weighted by Crippen LogP contribution is -2.41. The van der Waals surface area contributed by atoms with Crippen LogP contribution in [0.25, 0.3) is 0 Å². The van der Waals surface area contributed by atoms with Crippen molar-refractivity contribution < 1.29 is 14.6 Å². The quantitative estimate of drug-likeness (QED) is 0.265. The van der Waals surface area contributed by atoms with Crippen molar-refractivity contribution in [2.45, 2.75) is 85.4 Å². The number of methoxy groups -OCH3 is 2. The van der Waals surface area contributed by atoms with Crippen molar-refractivity contribution in [2.24, 2.45) is 23.2 Å². The monoisotopic (exact) mass is 482 g/mol. The first kappa shape index (κ1) is 29.5. The molecule has 0 spiro atoms. The van der Waals surface area contributed by atoms with E-state index in [-0.39, 0.29) is 11.5 Å². The standard InChI is InChI=1S/C32H50O3/c1-8-32(23-34-6,30(35-7)22-26(5)21-25(4)20-24(2)3)19-18-27-14-16-29(17-15-27)31(33)28-12-10-9-11-13-28/h9-17,24-26,30-31,33H,8,18-23H2,1-7H3. The van der Waals surface area contributed by atoms with Crippen molar-refractivity contribution in [3.8, 4) is 0 Å². The molecule has 0 amide bonds. The topological polar surface area (TPSA) is 38.7 Å². The Morgan fingerprint density at radius 1 is 0.800 bits per heavy atom. The highest BCUT2D eigenvalue weighted by Crippen LogP contribution is 2.39. The van der Waals surface area contributed by atoms with E-state index in [0.717, 1.165) is 48.6 Å². The van der Waals surface area contributed by atoms with Crippen LogP contribution in [0.15, 0.2) is 54.6 Å². The SMILES string of the molecule is CCC(CCc1ccc(C(O)c2ccccc2)cc1)(COC)C(CC(C)CC(C)CC(C)C)OC. The molecule has 0 heterocycles. The van der Waals surface area contributed by atoms with Gasteiger partial charge in [0.25, 0.3) is 0 Å². The summed E-state index contributed by atoms with van der Waals surface area (Å²) < 4.78 is 11.9. The highest BCUT2D eigenvalue weighted by molar-refractivity contribution is 5.31. The highest BCUT2D eigenvalue weighted by Gasteiger charge is 2.38. The molecule has 196 valence electrons. The zero-order chi connectivity index (χ0) is 25.8. The average Bonchev–Trinajstić information content (AvgIpc) is 2.85. The van der Waals surface area contributed by atoms with E-state index in [4.69, 9.17) is 9.47 Å². The summed E-state index contributed by atoms with van der Waals surface area (Å²) in [5.41, 5.74) is 3.13. The predicted molar refractivity (Wildman–Crippen MR) is 148 cm³/mol. The highest BCUT2D eigenvalue weighted by atomic mass is 16.5. The van der Waals surface area contributed by atoms with Gasteiger partial charge in [0.2, 0.25) is 0 Å². The molecule has 2 aromatic carbocycles. The molecule has 0 saturated heterocycles. The third kappa shape index (κ3) is 9.04. The van der Waals surface area contributed by atoms with Crippen molar-refractivity contribution in [2.75, 3.05) is 20.8 Å². The maximum atomic E-state index is 10.7.